The second-order valence-corrected chi connectivity index (χ2v) is 4.80. The Balaban J connectivity index is 2.18. The molecule has 1 aliphatic rings. The predicted octanol–water partition coefficient (Wildman–Crippen LogP) is 1.84. The second-order valence-electron chi connectivity index (χ2n) is 4.80. The van der Waals surface area contributed by atoms with E-state index in [1.54, 1.807) is 21.1 Å². The minimum absolute atomic E-state index is 0.389. The van der Waals surface area contributed by atoms with Crippen LogP contribution in [0, 0.1) is 0 Å². The molecule has 0 aromatic heterocycles. The first-order valence-corrected chi connectivity index (χ1v) is 6.11. The van der Waals surface area contributed by atoms with Gasteiger partial charge >= 0.3 is 0 Å². The minimum Gasteiger partial charge on any atom is -0.493 e. The van der Waals surface area contributed by atoms with Gasteiger partial charge in [-0.15, -0.1) is 0 Å². The highest BCUT2D eigenvalue weighted by Crippen LogP contribution is 2.33. The van der Waals surface area contributed by atoms with Gasteiger partial charge < -0.3 is 19.3 Å². The van der Waals surface area contributed by atoms with Crippen LogP contribution in [0.4, 0.5) is 0 Å². The fourth-order valence-corrected chi connectivity index (χ4v) is 2.23. The number of aliphatic hydroxyl groups is 1. The van der Waals surface area contributed by atoms with Crippen LogP contribution in [0.15, 0.2) is 18.2 Å². The summed E-state index contributed by atoms with van der Waals surface area (Å²) in [5.41, 5.74) is 1.04. The predicted molar refractivity (Wildman–Crippen MR) is 67.6 cm³/mol. The minimum atomic E-state index is -0.978. The molecule has 1 atom stereocenters. The second kappa shape index (κ2) is 5.26. The van der Waals surface area contributed by atoms with Gasteiger partial charge in [0, 0.05) is 27.1 Å². The standard InChI is InChI=1S/C14H20O4/c1-14(15,9-13(16-2)17-3)11-4-5-12-10(8-11)6-7-18-12/h4-5,8,13,15H,6-7,9H2,1-3H3. The van der Waals surface area contributed by atoms with Crippen LogP contribution < -0.4 is 4.74 Å². The molecular formula is C14H20O4. The molecule has 18 heavy (non-hydrogen) atoms. The van der Waals surface area contributed by atoms with Crippen molar-refractivity contribution in [3.05, 3.63) is 29.3 Å². The van der Waals surface area contributed by atoms with Gasteiger partial charge in [0.25, 0.3) is 0 Å². The van der Waals surface area contributed by atoms with E-state index in [-0.39, 0.29) is 0 Å². The molecule has 1 heterocycles. The molecule has 100 valence electrons. The molecule has 1 aromatic rings. The van der Waals surface area contributed by atoms with Crippen molar-refractivity contribution >= 4 is 0 Å². The van der Waals surface area contributed by atoms with Crippen molar-refractivity contribution in [2.75, 3.05) is 20.8 Å². The largest absolute Gasteiger partial charge is 0.493 e. The zero-order valence-corrected chi connectivity index (χ0v) is 11.1. The van der Waals surface area contributed by atoms with Crippen molar-refractivity contribution in [2.45, 2.75) is 31.7 Å². The zero-order chi connectivity index (χ0) is 13.2. The van der Waals surface area contributed by atoms with E-state index in [0.29, 0.717) is 6.42 Å². The monoisotopic (exact) mass is 252 g/mol. The zero-order valence-electron chi connectivity index (χ0n) is 11.1. The van der Waals surface area contributed by atoms with E-state index >= 15 is 0 Å². The van der Waals surface area contributed by atoms with Crippen molar-refractivity contribution in [3.8, 4) is 5.75 Å². The summed E-state index contributed by atoms with van der Waals surface area (Å²) in [5.74, 6) is 0.921. The lowest BCUT2D eigenvalue weighted by Gasteiger charge is -2.27. The lowest BCUT2D eigenvalue weighted by atomic mass is 9.90. The molecule has 0 aliphatic carbocycles. The van der Waals surface area contributed by atoms with Gasteiger partial charge in [-0.3, -0.25) is 0 Å². The smallest absolute Gasteiger partial charge is 0.159 e. The molecule has 0 saturated carbocycles. The number of methoxy groups -OCH3 is 2. The number of fused-ring (bicyclic) bond motifs is 1. The first-order chi connectivity index (χ1) is 8.56. The normalized spacial score (nSPS) is 17.4. The van der Waals surface area contributed by atoms with E-state index in [1.807, 2.05) is 18.2 Å². The highest BCUT2D eigenvalue weighted by atomic mass is 16.7. The number of benzene rings is 1. The van der Waals surface area contributed by atoms with Gasteiger partial charge in [-0.2, -0.15) is 0 Å². The fourth-order valence-electron chi connectivity index (χ4n) is 2.23. The number of hydrogen-bond donors (Lipinski definition) is 1. The average molecular weight is 252 g/mol. The molecule has 4 nitrogen and oxygen atoms in total. The summed E-state index contributed by atoms with van der Waals surface area (Å²) in [5, 5.41) is 10.5. The Morgan fingerprint density at radius 2 is 2.11 bits per heavy atom. The van der Waals surface area contributed by atoms with Gasteiger partial charge in [0.1, 0.15) is 5.75 Å². The summed E-state index contributed by atoms with van der Waals surface area (Å²) in [4.78, 5) is 0. The Morgan fingerprint density at radius 3 is 2.78 bits per heavy atom. The Labute approximate surface area is 107 Å². The van der Waals surface area contributed by atoms with Crippen LogP contribution in [0.3, 0.4) is 0 Å². The number of ether oxygens (including phenoxy) is 3. The van der Waals surface area contributed by atoms with E-state index in [0.717, 1.165) is 29.9 Å². The molecule has 0 bridgehead atoms. The summed E-state index contributed by atoms with van der Waals surface area (Å²) < 4.78 is 15.7. The maximum absolute atomic E-state index is 10.5. The molecule has 0 fully saturated rings. The molecule has 2 rings (SSSR count). The summed E-state index contributed by atoms with van der Waals surface area (Å²) in [7, 11) is 3.14. The highest BCUT2D eigenvalue weighted by Gasteiger charge is 2.29. The summed E-state index contributed by atoms with van der Waals surface area (Å²) >= 11 is 0. The van der Waals surface area contributed by atoms with E-state index in [9.17, 15) is 5.11 Å². The Kier molecular flexibility index (Phi) is 3.90. The van der Waals surface area contributed by atoms with Crippen LogP contribution in [0.25, 0.3) is 0 Å². The Morgan fingerprint density at radius 1 is 1.39 bits per heavy atom. The quantitative estimate of drug-likeness (QED) is 0.812. The molecule has 0 radical (unpaired) electrons. The molecule has 0 spiro atoms. The van der Waals surface area contributed by atoms with Crippen molar-refractivity contribution in [2.24, 2.45) is 0 Å². The molecule has 1 aliphatic heterocycles. The molecular weight excluding hydrogens is 232 g/mol. The maximum Gasteiger partial charge on any atom is 0.159 e. The van der Waals surface area contributed by atoms with Crippen molar-refractivity contribution < 1.29 is 19.3 Å². The fraction of sp³-hybridized carbons (Fsp3) is 0.571. The van der Waals surface area contributed by atoms with E-state index in [4.69, 9.17) is 14.2 Å². The number of hydrogen-bond acceptors (Lipinski definition) is 4. The Hall–Kier alpha value is -1.10. The average Bonchev–Trinajstić information content (AvgIpc) is 2.83. The van der Waals surface area contributed by atoms with Crippen LogP contribution in [0.2, 0.25) is 0 Å². The number of rotatable bonds is 5. The van der Waals surface area contributed by atoms with Crippen molar-refractivity contribution in [1.82, 2.24) is 0 Å². The molecule has 1 aromatic carbocycles. The third kappa shape index (κ3) is 2.66. The molecule has 0 saturated heterocycles. The van der Waals surface area contributed by atoms with E-state index in [1.165, 1.54) is 0 Å². The van der Waals surface area contributed by atoms with Crippen LogP contribution in [0.5, 0.6) is 5.75 Å². The molecule has 1 N–H and O–H groups in total. The molecule has 1 unspecified atom stereocenters. The van der Waals surface area contributed by atoms with E-state index in [2.05, 4.69) is 0 Å². The van der Waals surface area contributed by atoms with Gasteiger partial charge in [0.2, 0.25) is 0 Å². The highest BCUT2D eigenvalue weighted by molar-refractivity contribution is 5.41. The molecule has 4 heteroatoms. The third-order valence-corrected chi connectivity index (χ3v) is 3.40. The first-order valence-electron chi connectivity index (χ1n) is 6.11. The molecule has 0 amide bonds. The van der Waals surface area contributed by atoms with Gasteiger partial charge in [0.05, 0.1) is 12.2 Å². The van der Waals surface area contributed by atoms with Crippen LogP contribution in [-0.2, 0) is 21.5 Å². The van der Waals surface area contributed by atoms with Crippen LogP contribution in [-0.4, -0.2) is 32.2 Å². The van der Waals surface area contributed by atoms with Crippen molar-refractivity contribution in [1.29, 1.82) is 0 Å². The van der Waals surface area contributed by atoms with Gasteiger partial charge in [-0.05, 0) is 30.2 Å². The first kappa shape index (κ1) is 13.3. The van der Waals surface area contributed by atoms with Crippen LogP contribution in [0.1, 0.15) is 24.5 Å². The third-order valence-electron chi connectivity index (χ3n) is 3.40. The maximum atomic E-state index is 10.5. The van der Waals surface area contributed by atoms with Crippen molar-refractivity contribution in [3.63, 3.8) is 0 Å². The summed E-state index contributed by atoms with van der Waals surface area (Å²) in [6.07, 6.45) is 0.876. The van der Waals surface area contributed by atoms with Gasteiger partial charge in [-0.25, -0.2) is 0 Å². The topological polar surface area (TPSA) is 47.9 Å². The van der Waals surface area contributed by atoms with Crippen LogP contribution >= 0.6 is 0 Å². The van der Waals surface area contributed by atoms with E-state index < -0.39 is 11.9 Å². The summed E-state index contributed by atoms with van der Waals surface area (Å²) in [6, 6.07) is 5.82. The summed E-state index contributed by atoms with van der Waals surface area (Å²) in [6.45, 7) is 2.50. The Bertz CT molecular complexity index is 410. The van der Waals surface area contributed by atoms with Gasteiger partial charge in [0.15, 0.2) is 6.29 Å². The lowest BCUT2D eigenvalue weighted by molar-refractivity contribution is -0.142. The lowest BCUT2D eigenvalue weighted by Crippen LogP contribution is -2.29. The SMILES string of the molecule is COC(CC(C)(O)c1ccc2c(c1)CCO2)OC. The van der Waals surface area contributed by atoms with Gasteiger partial charge in [-0.1, -0.05) is 6.07 Å².